The Balaban J connectivity index is 0.00000336. The van der Waals surface area contributed by atoms with Gasteiger partial charge in [0.15, 0.2) is 5.65 Å². The Morgan fingerprint density at radius 1 is 1.24 bits per heavy atom. The smallest absolute Gasteiger partial charge is 0.217 e. The first-order valence-corrected chi connectivity index (χ1v) is 13.9. The lowest BCUT2D eigenvalue weighted by atomic mass is 9.91. The van der Waals surface area contributed by atoms with Crippen molar-refractivity contribution < 1.29 is 4.79 Å². The minimum atomic E-state index is -0.203. The topological polar surface area (TPSA) is 93.2 Å². The molecule has 0 saturated carbocycles. The normalized spacial score (nSPS) is 23.0. The maximum atomic E-state index is 11.3. The number of nitrogens with zero attached hydrogens (tertiary/aromatic N) is 6. The molecule has 0 radical (unpaired) electrons. The van der Waals surface area contributed by atoms with E-state index in [1.165, 1.54) is 6.42 Å². The highest BCUT2D eigenvalue weighted by Crippen LogP contribution is 2.34. The van der Waals surface area contributed by atoms with Crippen molar-refractivity contribution in [1.29, 1.82) is 0 Å². The molecule has 2 saturated heterocycles. The molecule has 8 nitrogen and oxygen atoms in total. The van der Waals surface area contributed by atoms with Gasteiger partial charge in [-0.25, -0.2) is 14.6 Å². The van der Waals surface area contributed by atoms with Crippen molar-refractivity contribution in [1.82, 2.24) is 24.6 Å². The van der Waals surface area contributed by atoms with E-state index in [1.54, 1.807) is 6.07 Å². The SMILES string of the molecule is Cc1nn(C(C)c2ccc(Cl)cc2Cl)c2nc(N3CC[C@H](N4CCC[C@H]4CCC(N)=O)[C@H](C)C3)cnc12.Cl. The Hall–Kier alpha value is -2.13. The molecule has 3 aromatic rings. The fraction of sp³-hybridized carbons (Fsp3) is 0.556. The molecule has 11 heteroatoms. The molecule has 206 valence electrons. The summed E-state index contributed by atoms with van der Waals surface area (Å²) >= 11 is 12.6. The molecule has 4 heterocycles. The molecule has 4 atom stereocenters. The first-order chi connectivity index (χ1) is 17.7. The molecular weight excluding hydrogens is 545 g/mol. The number of hydrogen-bond acceptors (Lipinski definition) is 6. The number of nitrogens with two attached hydrogens (primary N) is 1. The first-order valence-electron chi connectivity index (χ1n) is 13.2. The Bertz CT molecular complexity index is 1300. The third kappa shape index (κ3) is 5.74. The Morgan fingerprint density at radius 2 is 2.03 bits per heavy atom. The van der Waals surface area contributed by atoms with Crippen LogP contribution < -0.4 is 10.6 Å². The summed E-state index contributed by atoms with van der Waals surface area (Å²) in [7, 11) is 0. The van der Waals surface area contributed by atoms with Gasteiger partial charge in [-0.2, -0.15) is 5.10 Å². The van der Waals surface area contributed by atoms with Crippen molar-refractivity contribution >= 4 is 58.5 Å². The predicted octanol–water partition coefficient (Wildman–Crippen LogP) is 5.42. The van der Waals surface area contributed by atoms with Gasteiger partial charge in [0.05, 0.1) is 17.9 Å². The van der Waals surface area contributed by atoms with Gasteiger partial charge in [-0.05, 0) is 69.7 Å². The Morgan fingerprint density at radius 3 is 2.74 bits per heavy atom. The van der Waals surface area contributed by atoms with Gasteiger partial charge in [-0.15, -0.1) is 12.4 Å². The number of hydrogen-bond donors (Lipinski definition) is 1. The van der Waals surface area contributed by atoms with Crippen molar-refractivity contribution in [2.75, 3.05) is 24.5 Å². The summed E-state index contributed by atoms with van der Waals surface area (Å²) in [6.45, 7) is 9.28. The van der Waals surface area contributed by atoms with Gasteiger partial charge in [0.2, 0.25) is 5.91 Å². The summed E-state index contributed by atoms with van der Waals surface area (Å²) < 4.78 is 1.92. The molecule has 2 fully saturated rings. The minimum absolute atomic E-state index is 0. The van der Waals surface area contributed by atoms with Gasteiger partial charge >= 0.3 is 0 Å². The molecular formula is C27H36Cl3N7O. The Kier molecular flexibility index (Phi) is 9.07. The van der Waals surface area contributed by atoms with E-state index < -0.39 is 0 Å². The highest BCUT2D eigenvalue weighted by atomic mass is 35.5. The number of carbonyl (C=O) groups is 1. The lowest BCUT2D eigenvalue weighted by Gasteiger charge is -2.43. The molecule has 5 rings (SSSR count). The van der Waals surface area contributed by atoms with Crippen LogP contribution in [-0.4, -0.2) is 62.3 Å². The summed E-state index contributed by atoms with van der Waals surface area (Å²) in [6, 6.07) is 6.39. The number of anilines is 1. The van der Waals surface area contributed by atoms with Gasteiger partial charge < -0.3 is 10.6 Å². The molecule has 0 spiro atoms. The van der Waals surface area contributed by atoms with Crippen LogP contribution in [0.2, 0.25) is 10.0 Å². The van der Waals surface area contributed by atoms with Crippen LogP contribution in [0.4, 0.5) is 5.82 Å². The number of aryl methyl sites for hydroxylation is 1. The fourth-order valence-corrected chi connectivity index (χ4v) is 6.75. The van der Waals surface area contributed by atoms with Crippen LogP contribution in [0.25, 0.3) is 11.2 Å². The molecule has 2 aliphatic rings. The highest BCUT2D eigenvalue weighted by Gasteiger charge is 2.37. The monoisotopic (exact) mass is 579 g/mol. The molecule has 1 amide bonds. The van der Waals surface area contributed by atoms with Gasteiger partial charge in [0.25, 0.3) is 0 Å². The van der Waals surface area contributed by atoms with E-state index in [2.05, 4.69) is 23.6 Å². The lowest BCUT2D eigenvalue weighted by molar-refractivity contribution is -0.118. The summed E-state index contributed by atoms with van der Waals surface area (Å²) in [5.74, 6) is 1.14. The van der Waals surface area contributed by atoms with E-state index in [1.807, 2.05) is 29.9 Å². The van der Waals surface area contributed by atoms with Gasteiger partial charge in [-0.1, -0.05) is 36.2 Å². The lowest BCUT2D eigenvalue weighted by Crippen LogP contribution is -2.52. The largest absolute Gasteiger partial charge is 0.370 e. The number of rotatable bonds is 7. The average Bonchev–Trinajstić information content (AvgIpc) is 3.46. The van der Waals surface area contributed by atoms with E-state index in [9.17, 15) is 4.79 Å². The van der Waals surface area contributed by atoms with E-state index in [4.69, 9.17) is 44.0 Å². The van der Waals surface area contributed by atoms with Crippen LogP contribution in [0.3, 0.4) is 0 Å². The molecule has 0 aliphatic carbocycles. The van der Waals surface area contributed by atoms with Crippen molar-refractivity contribution in [3.05, 3.63) is 45.7 Å². The van der Waals surface area contributed by atoms with Crippen LogP contribution in [0.5, 0.6) is 0 Å². The van der Waals surface area contributed by atoms with Crippen molar-refractivity contribution in [2.24, 2.45) is 11.7 Å². The maximum Gasteiger partial charge on any atom is 0.217 e. The third-order valence-corrected chi connectivity index (χ3v) is 8.66. The van der Waals surface area contributed by atoms with Gasteiger partial charge in [0.1, 0.15) is 11.3 Å². The number of amides is 1. The van der Waals surface area contributed by atoms with Crippen LogP contribution in [0, 0.1) is 12.8 Å². The number of piperidine rings is 1. The van der Waals surface area contributed by atoms with Crippen molar-refractivity contribution in [3.63, 3.8) is 0 Å². The van der Waals surface area contributed by atoms with Crippen LogP contribution in [0.1, 0.15) is 63.3 Å². The van der Waals surface area contributed by atoms with Crippen LogP contribution in [-0.2, 0) is 4.79 Å². The van der Waals surface area contributed by atoms with Crippen LogP contribution in [0.15, 0.2) is 24.4 Å². The zero-order chi connectivity index (χ0) is 26.3. The van der Waals surface area contributed by atoms with Gasteiger partial charge in [0, 0.05) is 41.6 Å². The second kappa shape index (κ2) is 11.9. The molecule has 2 aliphatic heterocycles. The summed E-state index contributed by atoms with van der Waals surface area (Å²) in [5.41, 5.74) is 8.77. The van der Waals surface area contributed by atoms with Crippen molar-refractivity contribution in [3.8, 4) is 0 Å². The predicted molar refractivity (Wildman–Crippen MR) is 156 cm³/mol. The average molecular weight is 581 g/mol. The number of primary amides is 1. The molecule has 2 N–H and O–H groups in total. The zero-order valence-electron chi connectivity index (χ0n) is 22.1. The number of halogens is 3. The maximum absolute atomic E-state index is 11.3. The summed E-state index contributed by atoms with van der Waals surface area (Å²) in [5, 5.41) is 5.99. The minimum Gasteiger partial charge on any atom is -0.370 e. The zero-order valence-corrected chi connectivity index (χ0v) is 24.4. The third-order valence-electron chi connectivity index (χ3n) is 8.09. The standard InChI is InChI=1S/C27H35Cl2N7O.ClH/c1-16-15-34(12-10-23(16)35-11-4-5-20(35)7-9-24(30)37)25-14-31-26-17(2)33-36(27(26)32-25)18(3)21-8-6-19(28)13-22(21)29;/h6,8,13-14,16,18,20,23H,4-5,7,9-12,15H2,1-3H3,(H2,30,37);1H/t16-,18?,20+,23+;/m1./s1. The number of aromatic nitrogens is 4. The number of likely N-dealkylation sites (tertiary alicyclic amines) is 1. The second-order valence-corrected chi connectivity index (χ2v) is 11.4. The quantitative estimate of drug-likeness (QED) is 0.401. The number of benzene rings is 1. The van der Waals surface area contributed by atoms with E-state index >= 15 is 0 Å². The van der Waals surface area contributed by atoms with E-state index in [0.717, 1.165) is 67.1 Å². The molecule has 38 heavy (non-hydrogen) atoms. The van der Waals surface area contributed by atoms with Gasteiger partial charge in [-0.3, -0.25) is 9.69 Å². The van der Waals surface area contributed by atoms with Crippen LogP contribution >= 0.6 is 35.6 Å². The number of carbonyl (C=O) groups excluding carboxylic acids is 1. The first kappa shape index (κ1) is 28.9. The number of fused-ring (bicyclic) bond motifs is 1. The van der Waals surface area contributed by atoms with E-state index in [-0.39, 0.29) is 24.4 Å². The molecule has 1 unspecified atom stereocenters. The molecule has 0 bridgehead atoms. The molecule has 2 aromatic heterocycles. The summed E-state index contributed by atoms with van der Waals surface area (Å²) in [6.07, 6.45) is 6.61. The second-order valence-electron chi connectivity index (χ2n) is 10.6. The Labute approximate surface area is 240 Å². The highest BCUT2D eigenvalue weighted by molar-refractivity contribution is 6.35. The van der Waals surface area contributed by atoms with Crippen molar-refractivity contribution in [2.45, 2.75) is 71.0 Å². The van der Waals surface area contributed by atoms with E-state index in [0.29, 0.717) is 34.5 Å². The molecule has 1 aromatic carbocycles. The summed E-state index contributed by atoms with van der Waals surface area (Å²) in [4.78, 5) is 26.1. The fourth-order valence-electron chi connectivity index (χ4n) is 6.18.